The smallest absolute Gasteiger partial charge is 0.139 e. The maximum atomic E-state index is 5.40. The van der Waals surface area contributed by atoms with Gasteiger partial charge in [-0.25, -0.2) is 9.97 Å². The van der Waals surface area contributed by atoms with Crippen LogP contribution in [-0.2, 0) is 6.54 Å². The molecular formula is C17H19N3OS. The second-order valence-corrected chi connectivity index (χ2v) is 6.45. The van der Waals surface area contributed by atoms with E-state index in [0.29, 0.717) is 6.54 Å². The van der Waals surface area contributed by atoms with Gasteiger partial charge in [0.05, 0.1) is 12.5 Å². The topological polar surface area (TPSA) is 47.0 Å². The Morgan fingerprint density at radius 1 is 1.14 bits per heavy atom. The van der Waals surface area contributed by atoms with E-state index >= 15 is 0 Å². The Bertz CT molecular complexity index is 826. The van der Waals surface area contributed by atoms with E-state index in [9.17, 15) is 0 Å². The van der Waals surface area contributed by atoms with Crippen molar-refractivity contribution in [1.29, 1.82) is 0 Å². The van der Waals surface area contributed by atoms with Gasteiger partial charge in [-0.05, 0) is 32.4 Å². The lowest BCUT2D eigenvalue weighted by atomic mass is 10.2. The molecule has 0 atom stereocenters. The van der Waals surface area contributed by atoms with E-state index in [4.69, 9.17) is 4.74 Å². The molecular weight excluding hydrogens is 294 g/mol. The number of hydrogen-bond acceptors (Lipinski definition) is 5. The van der Waals surface area contributed by atoms with E-state index in [1.165, 1.54) is 10.4 Å². The van der Waals surface area contributed by atoms with Crippen LogP contribution in [0.2, 0.25) is 0 Å². The fourth-order valence-electron chi connectivity index (χ4n) is 2.51. The number of methoxy groups -OCH3 is 1. The number of rotatable bonds is 4. The third kappa shape index (κ3) is 2.64. The molecule has 0 spiro atoms. The van der Waals surface area contributed by atoms with E-state index in [0.717, 1.165) is 33.2 Å². The zero-order valence-electron chi connectivity index (χ0n) is 13.2. The van der Waals surface area contributed by atoms with Gasteiger partial charge in [0.15, 0.2) is 0 Å². The van der Waals surface area contributed by atoms with E-state index in [1.807, 2.05) is 25.1 Å². The number of fused-ring (bicyclic) bond motifs is 1. The zero-order valence-corrected chi connectivity index (χ0v) is 14.0. The lowest BCUT2D eigenvalue weighted by Gasteiger charge is -2.11. The number of nitrogens with zero attached hydrogens (tertiary/aromatic N) is 2. The number of nitrogens with one attached hydrogen (secondary N) is 1. The molecule has 0 unspecified atom stereocenters. The molecule has 0 bridgehead atoms. The third-order valence-electron chi connectivity index (χ3n) is 3.78. The first kappa shape index (κ1) is 14.8. The van der Waals surface area contributed by atoms with Gasteiger partial charge in [-0.1, -0.05) is 18.2 Å². The van der Waals surface area contributed by atoms with Crippen LogP contribution in [0, 0.1) is 20.8 Å². The van der Waals surface area contributed by atoms with Crippen LogP contribution < -0.4 is 10.1 Å². The fourth-order valence-corrected chi connectivity index (χ4v) is 3.59. The van der Waals surface area contributed by atoms with Gasteiger partial charge in [0.2, 0.25) is 0 Å². The molecule has 2 heterocycles. The standard InChI is InChI=1S/C17H19N3OS/c1-10-11(2)22-17-15(10)16(19-12(3)20-17)18-9-13-7-5-6-8-14(13)21-4/h5-8H,9H2,1-4H3,(H,18,19,20). The lowest BCUT2D eigenvalue weighted by molar-refractivity contribution is 0.410. The number of para-hydroxylation sites is 1. The van der Waals surface area contributed by atoms with Crippen LogP contribution in [0.4, 0.5) is 5.82 Å². The van der Waals surface area contributed by atoms with Crippen LogP contribution in [0.5, 0.6) is 5.75 Å². The summed E-state index contributed by atoms with van der Waals surface area (Å²) in [7, 11) is 1.69. The summed E-state index contributed by atoms with van der Waals surface area (Å²) in [6, 6.07) is 8.02. The second-order valence-electron chi connectivity index (χ2n) is 5.25. The predicted octanol–water partition coefficient (Wildman–Crippen LogP) is 4.24. The van der Waals surface area contributed by atoms with Crippen molar-refractivity contribution in [1.82, 2.24) is 9.97 Å². The number of thiophene rings is 1. The molecule has 0 radical (unpaired) electrons. The van der Waals surface area contributed by atoms with Crippen LogP contribution in [0.25, 0.3) is 10.2 Å². The van der Waals surface area contributed by atoms with E-state index < -0.39 is 0 Å². The quantitative estimate of drug-likeness (QED) is 0.782. The van der Waals surface area contributed by atoms with Crippen LogP contribution in [-0.4, -0.2) is 17.1 Å². The number of aromatic nitrogens is 2. The Balaban J connectivity index is 1.97. The molecule has 1 aromatic carbocycles. The van der Waals surface area contributed by atoms with Crippen molar-refractivity contribution in [2.75, 3.05) is 12.4 Å². The molecule has 114 valence electrons. The molecule has 0 aliphatic rings. The summed E-state index contributed by atoms with van der Waals surface area (Å²) in [5.41, 5.74) is 2.36. The van der Waals surface area contributed by atoms with Crippen molar-refractivity contribution in [2.24, 2.45) is 0 Å². The molecule has 0 fully saturated rings. The zero-order chi connectivity index (χ0) is 15.7. The van der Waals surface area contributed by atoms with Crippen molar-refractivity contribution >= 4 is 27.4 Å². The molecule has 1 N–H and O–H groups in total. The molecule has 0 aliphatic carbocycles. The average Bonchev–Trinajstić information content (AvgIpc) is 2.79. The predicted molar refractivity (Wildman–Crippen MR) is 91.9 cm³/mol. The van der Waals surface area contributed by atoms with Gasteiger partial charge in [0.25, 0.3) is 0 Å². The molecule has 0 aliphatic heterocycles. The summed E-state index contributed by atoms with van der Waals surface area (Å²) in [6.45, 7) is 6.85. The third-order valence-corrected chi connectivity index (χ3v) is 4.88. The van der Waals surface area contributed by atoms with Gasteiger partial charge >= 0.3 is 0 Å². The van der Waals surface area contributed by atoms with Crippen LogP contribution >= 0.6 is 11.3 Å². The summed E-state index contributed by atoms with van der Waals surface area (Å²) in [4.78, 5) is 11.5. The van der Waals surface area contributed by atoms with E-state index in [1.54, 1.807) is 18.4 Å². The highest BCUT2D eigenvalue weighted by Gasteiger charge is 2.13. The summed E-state index contributed by atoms with van der Waals surface area (Å²) < 4.78 is 5.40. The monoisotopic (exact) mass is 313 g/mol. The highest BCUT2D eigenvalue weighted by molar-refractivity contribution is 7.18. The van der Waals surface area contributed by atoms with Gasteiger partial charge in [-0.2, -0.15) is 0 Å². The van der Waals surface area contributed by atoms with Gasteiger partial charge in [-0.15, -0.1) is 11.3 Å². The van der Waals surface area contributed by atoms with Crippen molar-refractivity contribution in [2.45, 2.75) is 27.3 Å². The molecule has 22 heavy (non-hydrogen) atoms. The van der Waals surface area contributed by atoms with Crippen LogP contribution in [0.15, 0.2) is 24.3 Å². The SMILES string of the molecule is COc1ccccc1CNc1nc(C)nc2sc(C)c(C)c12. The Morgan fingerprint density at radius 2 is 1.91 bits per heavy atom. The fraction of sp³-hybridized carbons (Fsp3) is 0.294. The first-order valence-corrected chi connectivity index (χ1v) is 8.02. The van der Waals surface area contributed by atoms with E-state index in [2.05, 4.69) is 35.2 Å². The average molecular weight is 313 g/mol. The largest absolute Gasteiger partial charge is 0.496 e. The minimum atomic E-state index is 0.671. The highest BCUT2D eigenvalue weighted by Crippen LogP contribution is 2.33. The van der Waals surface area contributed by atoms with Crippen LogP contribution in [0.3, 0.4) is 0 Å². The number of aryl methyl sites for hydroxylation is 3. The summed E-state index contributed by atoms with van der Waals surface area (Å²) in [6.07, 6.45) is 0. The maximum Gasteiger partial charge on any atom is 0.139 e. The van der Waals surface area contributed by atoms with Gasteiger partial charge in [0.1, 0.15) is 22.2 Å². The molecule has 5 heteroatoms. The molecule has 4 nitrogen and oxygen atoms in total. The molecule has 3 aromatic rings. The van der Waals surface area contributed by atoms with E-state index in [-0.39, 0.29) is 0 Å². The van der Waals surface area contributed by atoms with Crippen LogP contribution in [0.1, 0.15) is 21.8 Å². The van der Waals surface area contributed by atoms with Crippen molar-refractivity contribution in [3.63, 3.8) is 0 Å². The molecule has 0 saturated heterocycles. The Hall–Kier alpha value is -2.14. The molecule has 0 amide bonds. The minimum Gasteiger partial charge on any atom is -0.496 e. The number of benzene rings is 1. The Kier molecular flexibility index (Phi) is 3.98. The number of hydrogen-bond donors (Lipinski definition) is 1. The van der Waals surface area contributed by atoms with Crippen molar-refractivity contribution in [3.05, 3.63) is 46.1 Å². The lowest BCUT2D eigenvalue weighted by Crippen LogP contribution is -2.05. The van der Waals surface area contributed by atoms with Gasteiger partial charge in [0, 0.05) is 17.0 Å². The maximum absolute atomic E-state index is 5.40. The molecule has 2 aromatic heterocycles. The normalized spacial score (nSPS) is 10.9. The Morgan fingerprint density at radius 3 is 2.68 bits per heavy atom. The van der Waals surface area contributed by atoms with Gasteiger partial charge < -0.3 is 10.1 Å². The highest BCUT2D eigenvalue weighted by atomic mass is 32.1. The van der Waals surface area contributed by atoms with Crippen molar-refractivity contribution < 1.29 is 4.74 Å². The Labute approximate surface area is 134 Å². The summed E-state index contributed by atoms with van der Waals surface area (Å²) in [5, 5.41) is 4.58. The number of anilines is 1. The summed E-state index contributed by atoms with van der Waals surface area (Å²) >= 11 is 1.72. The van der Waals surface area contributed by atoms with Gasteiger partial charge in [-0.3, -0.25) is 0 Å². The number of ether oxygens (including phenoxy) is 1. The second kappa shape index (κ2) is 5.93. The molecule has 0 saturated carbocycles. The first-order chi connectivity index (χ1) is 10.6. The minimum absolute atomic E-state index is 0.671. The first-order valence-electron chi connectivity index (χ1n) is 7.20. The van der Waals surface area contributed by atoms with Crippen molar-refractivity contribution in [3.8, 4) is 5.75 Å². The molecule has 3 rings (SSSR count). The summed E-state index contributed by atoms with van der Waals surface area (Å²) in [5.74, 6) is 2.57.